The van der Waals surface area contributed by atoms with Gasteiger partial charge >= 0.3 is 0 Å². The minimum absolute atomic E-state index is 0.138. The first-order valence-corrected chi connectivity index (χ1v) is 12.2. The van der Waals surface area contributed by atoms with E-state index >= 15 is 0 Å². The number of nitrogens with zero attached hydrogens (tertiary/aromatic N) is 3. The molecular weight excluding hydrogens is 458 g/mol. The predicted octanol–water partition coefficient (Wildman–Crippen LogP) is 6.57. The fourth-order valence-electron chi connectivity index (χ4n) is 4.79. The van der Waals surface area contributed by atoms with Crippen LogP contribution in [0.5, 0.6) is 5.75 Å². The maximum Gasteiger partial charge on any atom is 0.266 e. The maximum absolute atomic E-state index is 13.7. The lowest BCUT2D eigenvalue weighted by molar-refractivity contribution is 0.412. The van der Waals surface area contributed by atoms with Crippen molar-refractivity contribution in [3.63, 3.8) is 0 Å². The van der Waals surface area contributed by atoms with Crippen LogP contribution in [0.2, 0.25) is 0 Å². The molecule has 0 fully saturated rings. The second kappa shape index (κ2) is 9.63. The number of hydrogen-bond donors (Lipinski definition) is 0. The summed E-state index contributed by atoms with van der Waals surface area (Å²) in [5.74, 6) is 1.14. The van der Waals surface area contributed by atoms with Gasteiger partial charge in [-0.2, -0.15) is 0 Å². The topological polar surface area (TPSA) is 49.0 Å². The largest absolute Gasteiger partial charge is 0.495 e. The molecule has 0 atom stereocenters. The van der Waals surface area contributed by atoms with Crippen molar-refractivity contribution >= 4 is 34.0 Å². The summed E-state index contributed by atoms with van der Waals surface area (Å²) in [6, 6.07) is 33.7. The number of rotatable bonds is 6. The number of ether oxygens (including phenoxy) is 1. The van der Waals surface area contributed by atoms with Crippen LogP contribution in [0.3, 0.4) is 0 Å². The van der Waals surface area contributed by atoms with Crippen molar-refractivity contribution in [3.05, 3.63) is 137 Å². The van der Waals surface area contributed by atoms with Crippen LogP contribution in [0.15, 0.2) is 114 Å². The summed E-state index contributed by atoms with van der Waals surface area (Å²) in [6.45, 7) is 0.773. The molecule has 4 aromatic carbocycles. The smallest absolute Gasteiger partial charge is 0.266 e. The third-order valence-corrected chi connectivity index (χ3v) is 6.55. The average Bonchev–Trinajstić information content (AvgIpc) is 3.30. The standard InChI is InChI=1S/C32H25N3O2/c1-37-30-18-10-9-17-29(30)35-31(33-27-15-7-5-14-26(27)32(35)36)20-19-24-22-34(21-23-11-3-2-4-12-23)28-16-8-6-13-25(24)28/h2-20,22H,21H2,1H3. The number of methoxy groups -OCH3 is 1. The van der Waals surface area contributed by atoms with Gasteiger partial charge < -0.3 is 9.30 Å². The average molecular weight is 484 g/mol. The van der Waals surface area contributed by atoms with Gasteiger partial charge in [0.2, 0.25) is 0 Å². The Morgan fingerprint density at radius 2 is 1.49 bits per heavy atom. The molecule has 180 valence electrons. The number of para-hydroxylation sites is 4. The lowest BCUT2D eigenvalue weighted by Gasteiger charge is -2.14. The summed E-state index contributed by atoms with van der Waals surface area (Å²) < 4.78 is 9.47. The fraction of sp³-hybridized carbons (Fsp3) is 0.0625. The van der Waals surface area contributed by atoms with Crippen molar-refractivity contribution in [2.45, 2.75) is 6.54 Å². The van der Waals surface area contributed by atoms with Gasteiger partial charge in [-0.3, -0.25) is 9.36 Å². The molecule has 5 heteroatoms. The van der Waals surface area contributed by atoms with Crippen molar-refractivity contribution in [3.8, 4) is 11.4 Å². The van der Waals surface area contributed by atoms with Crippen LogP contribution in [-0.2, 0) is 6.54 Å². The van der Waals surface area contributed by atoms with E-state index in [2.05, 4.69) is 53.2 Å². The molecule has 5 nitrogen and oxygen atoms in total. The number of hydrogen-bond acceptors (Lipinski definition) is 3. The Kier molecular flexibility index (Phi) is 5.87. The number of aromatic nitrogens is 3. The van der Waals surface area contributed by atoms with E-state index in [-0.39, 0.29) is 5.56 Å². The van der Waals surface area contributed by atoms with Crippen LogP contribution < -0.4 is 10.3 Å². The Morgan fingerprint density at radius 3 is 2.32 bits per heavy atom. The molecule has 0 spiro atoms. The first-order valence-electron chi connectivity index (χ1n) is 12.2. The molecule has 2 heterocycles. The van der Waals surface area contributed by atoms with E-state index in [4.69, 9.17) is 9.72 Å². The van der Waals surface area contributed by atoms with E-state index in [0.29, 0.717) is 28.2 Å². The van der Waals surface area contributed by atoms with Crippen molar-refractivity contribution < 1.29 is 4.74 Å². The lowest BCUT2D eigenvalue weighted by Crippen LogP contribution is -2.22. The Bertz CT molecular complexity index is 1810. The maximum atomic E-state index is 13.7. The highest BCUT2D eigenvalue weighted by atomic mass is 16.5. The molecule has 0 amide bonds. The van der Waals surface area contributed by atoms with E-state index in [1.165, 1.54) is 5.56 Å². The van der Waals surface area contributed by atoms with Crippen LogP contribution >= 0.6 is 0 Å². The van der Waals surface area contributed by atoms with Crippen molar-refractivity contribution in [2.24, 2.45) is 0 Å². The van der Waals surface area contributed by atoms with Crippen LogP contribution in [0.1, 0.15) is 17.0 Å². The summed E-state index contributed by atoms with van der Waals surface area (Å²) in [6.07, 6.45) is 6.10. The molecule has 0 aliphatic rings. The van der Waals surface area contributed by atoms with E-state index in [1.807, 2.05) is 66.7 Å². The monoisotopic (exact) mass is 483 g/mol. The third-order valence-electron chi connectivity index (χ3n) is 6.55. The summed E-state index contributed by atoms with van der Waals surface area (Å²) in [5, 5.41) is 1.70. The summed E-state index contributed by atoms with van der Waals surface area (Å²) in [5.41, 5.74) is 4.62. The minimum Gasteiger partial charge on any atom is -0.495 e. The second-order valence-electron chi connectivity index (χ2n) is 8.85. The van der Waals surface area contributed by atoms with Gasteiger partial charge in [0, 0.05) is 29.2 Å². The molecule has 0 saturated carbocycles. The molecule has 0 saturated heterocycles. The number of benzene rings is 4. The van der Waals surface area contributed by atoms with Gasteiger partial charge in [0.25, 0.3) is 5.56 Å². The molecular formula is C32H25N3O2. The molecule has 0 radical (unpaired) electrons. The van der Waals surface area contributed by atoms with Crippen molar-refractivity contribution in [1.82, 2.24) is 14.1 Å². The Labute approximate surface area is 214 Å². The Balaban J connectivity index is 1.51. The van der Waals surface area contributed by atoms with Gasteiger partial charge in [-0.1, -0.05) is 72.8 Å². The van der Waals surface area contributed by atoms with Gasteiger partial charge in [-0.05, 0) is 48.0 Å². The molecule has 37 heavy (non-hydrogen) atoms. The zero-order valence-corrected chi connectivity index (χ0v) is 20.4. The quantitative estimate of drug-likeness (QED) is 0.269. The second-order valence-corrected chi connectivity index (χ2v) is 8.85. The molecule has 0 aliphatic heterocycles. The van der Waals surface area contributed by atoms with Crippen molar-refractivity contribution in [1.29, 1.82) is 0 Å². The van der Waals surface area contributed by atoms with E-state index in [1.54, 1.807) is 17.7 Å². The van der Waals surface area contributed by atoms with E-state index in [0.717, 1.165) is 23.0 Å². The SMILES string of the molecule is COc1ccccc1-n1c(C=Cc2cn(Cc3ccccc3)c3ccccc23)nc2ccccc2c1=O. The van der Waals surface area contributed by atoms with Gasteiger partial charge in [-0.25, -0.2) is 4.98 Å². The lowest BCUT2D eigenvalue weighted by atomic mass is 10.1. The molecule has 0 aliphatic carbocycles. The molecule has 6 aromatic rings. The summed E-state index contributed by atoms with van der Waals surface area (Å²) in [7, 11) is 1.61. The molecule has 2 aromatic heterocycles. The van der Waals surface area contributed by atoms with E-state index in [9.17, 15) is 4.79 Å². The van der Waals surface area contributed by atoms with Gasteiger partial charge in [-0.15, -0.1) is 0 Å². The van der Waals surface area contributed by atoms with Gasteiger partial charge in [0.1, 0.15) is 11.6 Å². The normalized spacial score (nSPS) is 11.5. The fourth-order valence-corrected chi connectivity index (χ4v) is 4.79. The van der Waals surface area contributed by atoms with Crippen LogP contribution in [0, 0.1) is 0 Å². The number of fused-ring (bicyclic) bond motifs is 2. The highest BCUT2D eigenvalue weighted by Crippen LogP contribution is 2.26. The molecule has 0 N–H and O–H groups in total. The van der Waals surface area contributed by atoms with E-state index < -0.39 is 0 Å². The van der Waals surface area contributed by atoms with Crippen LogP contribution in [0.25, 0.3) is 39.6 Å². The molecule has 6 rings (SSSR count). The molecule has 0 bridgehead atoms. The van der Waals surface area contributed by atoms with Gasteiger partial charge in [0.15, 0.2) is 0 Å². The first kappa shape index (κ1) is 22.6. The third kappa shape index (κ3) is 4.21. The molecule has 0 unspecified atom stereocenters. The summed E-state index contributed by atoms with van der Waals surface area (Å²) >= 11 is 0. The zero-order valence-electron chi connectivity index (χ0n) is 20.4. The minimum atomic E-state index is -0.138. The van der Waals surface area contributed by atoms with Gasteiger partial charge in [0.05, 0.1) is 23.7 Å². The summed E-state index contributed by atoms with van der Waals surface area (Å²) in [4.78, 5) is 18.5. The van der Waals surface area contributed by atoms with Crippen LogP contribution in [-0.4, -0.2) is 21.2 Å². The zero-order chi connectivity index (χ0) is 25.2. The van der Waals surface area contributed by atoms with Crippen LogP contribution in [0.4, 0.5) is 0 Å². The predicted molar refractivity (Wildman–Crippen MR) is 150 cm³/mol. The first-order chi connectivity index (χ1) is 18.2. The Morgan fingerprint density at radius 1 is 0.784 bits per heavy atom. The highest BCUT2D eigenvalue weighted by molar-refractivity contribution is 5.92. The van der Waals surface area contributed by atoms with Crippen molar-refractivity contribution in [2.75, 3.05) is 7.11 Å². The Hall–Kier alpha value is -4.90. The highest BCUT2D eigenvalue weighted by Gasteiger charge is 2.15.